The monoisotopic (exact) mass is 217 g/mol. The second kappa shape index (κ2) is 3.74. The molecule has 0 saturated heterocycles. The van der Waals surface area contributed by atoms with Gasteiger partial charge in [-0.3, -0.25) is 0 Å². The van der Waals surface area contributed by atoms with Gasteiger partial charge in [0, 0.05) is 18.8 Å². The Balaban J connectivity index is 2.43. The van der Waals surface area contributed by atoms with Crippen molar-refractivity contribution >= 4 is 11.8 Å². The minimum Gasteiger partial charge on any atom is -0.465 e. The van der Waals surface area contributed by atoms with Gasteiger partial charge in [-0.05, 0) is 23.6 Å². The number of amides is 1. The van der Waals surface area contributed by atoms with E-state index in [2.05, 4.69) is 6.07 Å². The number of nitriles is 1. The third-order valence-electron chi connectivity index (χ3n) is 2.82. The molecule has 1 aromatic rings. The second-order valence-electron chi connectivity index (χ2n) is 3.73. The van der Waals surface area contributed by atoms with Crippen LogP contribution in [0.25, 0.3) is 0 Å². The highest BCUT2D eigenvalue weighted by molar-refractivity contribution is 5.67. The molecular formula is C11H11N3O2. The number of nitrogens with zero attached hydrogens (tertiary/aromatic N) is 2. The standard InChI is InChI=1S/C11H11N3O2/c12-5-9-8-3-4-14(11(15)16)6-7(8)1-2-10(9)13/h1-2H,3-4,6,13H2,(H,15,16). The zero-order valence-electron chi connectivity index (χ0n) is 8.60. The third-order valence-corrected chi connectivity index (χ3v) is 2.82. The van der Waals surface area contributed by atoms with Gasteiger partial charge >= 0.3 is 6.09 Å². The largest absolute Gasteiger partial charge is 0.465 e. The third kappa shape index (κ3) is 1.54. The molecule has 2 rings (SSSR count). The van der Waals surface area contributed by atoms with Gasteiger partial charge in [0.05, 0.1) is 5.56 Å². The summed E-state index contributed by atoms with van der Waals surface area (Å²) in [6.45, 7) is 0.750. The smallest absolute Gasteiger partial charge is 0.407 e. The van der Waals surface area contributed by atoms with Crippen molar-refractivity contribution in [2.45, 2.75) is 13.0 Å². The Morgan fingerprint density at radius 2 is 2.31 bits per heavy atom. The summed E-state index contributed by atoms with van der Waals surface area (Å²) in [6, 6.07) is 5.52. The predicted octanol–water partition coefficient (Wildman–Crippen LogP) is 1.18. The first-order chi connectivity index (χ1) is 7.63. The Morgan fingerprint density at radius 3 is 2.94 bits per heavy atom. The molecule has 1 aromatic carbocycles. The van der Waals surface area contributed by atoms with Crippen molar-refractivity contribution in [1.82, 2.24) is 4.90 Å². The lowest BCUT2D eigenvalue weighted by atomic mass is 9.94. The molecule has 16 heavy (non-hydrogen) atoms. The van der Waals surface area contributed by atoms with Crippen LogP contribution in [0.3, 0.4) is 0 Å². The molecule has 1 aliphatic rings. The van der Waals surface area contributed by atoms with Crippen molar-refractivity contribution in [3.8, 4) is 6.07 Å². The van der Waals surface area contributed by atoms with Gasteiger partial charge in [-0.15, -0.1) is 0 Å². The topological polar surface area (TPSA) is 90.4 Å². The van der Waals surface area contributed by atoms with Crippen LogP contribution in [-0.4, -0.2) is 22.6 Å². The number of carbonyl (C=O) groups is 1. The fourth-order valence-electron chi connectivity index (χ4n) is 1.97. The van der Waals surface area contributed by atoms with Crippen LogP contribution in [0, 0.1) is 11.3 Å². The molecule has 0 atom stereocenters. The van der Waals surface area contributed by atoms with Gasteiger partial charge in [-0.2, -0.15) is 5.26 Å². The number of fused-ring (bicyclic) bond motifs is 1. The van der Waals surface area contributed by atoms with Gasteiger partial charge in [0.15, 0.2) is 0 Å². The van der Waals surface area contributed by atoms with E-state index >= 15 is 0 Å². The molecule has 82 valence electrons. The molecule has 0 spiro atoms. The quantitative estimate of drug-likeness (QED) is 0.638. The summed E-state index contributed by atoms with van der Waals surface area (Å²) >= 11 is 0. The van der Waals surface area contributed by atoms with E-state index in [0.717, 1.165) is 11.1 Å². The first kappa shape index (κ1) is 10.3. The van der Waals surface area contributed by atoms with E-state index in [1.54, 1.807) is 12.1 Å². The number of rotatable bonds is 0. The molecule has 3 N–H and O–H groups in total. The van der Waals surface area contributed by atoms with Gasteiger partial charge in [-0.25, -0.2) is 4.79 Å². The summed E-state index contributed by atoms with van der Waals surface area (Å²) in [7, 11) is 0. The fourth-order valence-corrected chi connectivity index (χ4v) is 1.97. The van der Waals surface area contributed by atoms with E-state index < -0.39 is 6.09 Å². The SMILES string of the molecule is N#Cc1c(N)ccc2c1CCN(C(=O)O)C2. The van der Waals surface area contributed by atoms with Crippen LogP contribution in [0.5, 0.6) is 0 Å². The van der Waals surface area contributed by atoms with Crippen molar-refractivity contribution < 1.29 is 9.90 Å². The highest BCUT2D eigenvalue weighted by Gasteiger charge is 2.22. The molecular weight excluding hydrogens is 206 g/mol. The fraction of sp³-hybridized carbons (Fsp3) is 0.273. The number of benzene rings is 1. The molecule has 1 heterocycles. The zero-order valence-corrected chi connectivity index (χ0v) is 8.60. The minimum atomic E-state index is -0.930. The predicted molar refractivity (Wildman–Crippen MR) is 57.7 cm³/mol. The zero-order chi connectivity index (χ0) is 11.7. The van der Waals surface area contributed by atoms with E-state index in [-0.39, 0.29) is 0 Å². The van der Waals surface area contributed by atoms with Crippen LogP contribution >= 0.6 is 0 Å². The number of hydrogen-bond donors (Lipinski definition) is 2. The van der Waals surface area contributed by atoms with Gasteiger partial charge in [0.2, 0.25) is 0 Å². The number of carboxylic acid groups (broad SMARTS) is 1. The summed E-state index contributed by atoms with van der Waals surface area (Å²) in [5.74, 6) is 0. The molecule has 1 amide bonds. The van der Waals surface area contributed by atoms with Crippen LogP contribution in [0.4, 0.5) is 10.5 Å². The van der Waals surface area contributed by atoms with Crippen LogP contribution in [0.1, 0.15) is 16.7 Å². The van der Waals surface area contributed by atoms with Crippen LogP contribution < -0.4 is 5.73 Å². The second-order valence-corrected chi connectivity index (χ2v) is 3.73. The summed E-state index contributed by atoms with van der Waals surface area (Å²) in [4.78, 5) is 12.2. The van der Waals surface area contributed by atoms with E-state index in [0.29, 0.717) is 30.8 Å². The molecule has 0 radical (unpaired) electrons. The van der Waals surface area contributed by atoms with Gasteiger partial charge in [-0.1, -0.05) is 6.07 Å². The molecule has 1 aliphatic heterocycles. The summed E-state index contributed by atoms with van der Waals surface area (Å²) in [5, 5.41) is 17.9. The van der Waals surface area contributed by atoms with Gasteiger partial charge in [0.25, 0.3) is 0 Å². The van der Waals surface area contributed by atoms with Crippen molar-refractivity contribution in [3.63, 3.8) is 0 Å². The Hall–Kier alpha value is -2.22. The lowest BCUT2D eigenvalue weighted by molar-refractivity contribution is 0.140. The molecule has 0 aromatic heterocycles. The maximum Gasteiger partial charge on any atom is 0.407 e. The van der Waals surface area contributed by atoms with Crippen molar-refractivity contribution in [1.29, 1.82) is 5.26 Å². The molecule has 5 heteroatoms. The Kier molecular flexibility index (Phi) is 2.41. The van der Waals surface area contributed by atoms with Crippen molar-refractivity contribution in [3.05, 3.63) is 28.8 Å². The molecule has 0 saturated carbocycles. The summed E-state index contributed by atoms with van der Waals surface area (Å²) < 4.78 is 0. The molecule has 0 unspecified atom stereocenters. The summed E-state index contributed by atoms with van der Waals surface area (Å²) in [5.41, 5.74) is 8.41. The number of nitrogen functional groups attached to an aromatic ring is 1. The van der Waals surface area contributed by atoms with Crippen LogP contribution in [0.15, 0.2) is 12.1 Å². The Bertz CT molecular complexity index is 491. The number of anilines is 1. The van der Waals surface area contributed by atoms with E-state index in [1.807, 2.05) is 0 Å². The van der Waals surface area contributed by atoms with E-state index in [9.17, 15) is 4.79 Å². The van der Waals surface area contributed by atoms with Crippen molar-refractivity contribution in [2.75, 3.05) is 12.3 Å². The van der Waals surface area contributed by atoms with E-state index in [1.165, 1.54) is 4.90 Å². The molecule has 5 nitrogen and oxygen atoms in total. The first-order valence-electron chi connectivity index (χ1n) is 4.91. The van der Waals surface area contributed by atoms with Gasteiger partial charge < -0.3 is 15.7 Å². The molecule has 0 bridgehead atoms. The average Bonchev–Trinajstić information content (AvgIpc) is 2.28. The highest BCUT2D eigenvalue weighted by atomic mass is 16.4. The Labute approximate surface area is 92.7 Å². The van der Waals surface area contributed by atoms with Crippen LogP contribution in [0.2, 0.25) is 0 Å². The highest BCUT2D eigenvalue weighted by Crippen LogP contribution is 2.26. The van der Waals surface area contributed by atoms with Crippen LogP contribution in [-0.2, 0) is 13.0 Å². The number of nitrogens with two attached hydrogens (primary N) is 1. The lowest BCUT2D eigenvalue weighted by Gasteiger charge is -2.27. The average molecular weight is 217 g/mol. The maximum absolute atomic E-state index is 10.8. The lowest BCUT2D eigenvalue weighted by Crippen LogP contribution is -2.35. The van der Waals surface area contributed by atoms with Crippen molar-refractivity contribution in [2.24, 2.45) is 0 Å². The maximum atomic E-state index is 10.8. The van der Waals surface area contributed by atoms with Gasteiger partial charge in [0.1, 0.15) is 6.07 Å². The Morgan fingerprint density at radius 1 is 1.56 bits per heavy atom. The minimum absolute atomic E-state index is 0.333. The normalized spacial score (nSPS) is 14.1. The molecule has 0 fully saturated rings. The number of hydrogen-bond acceptors (Lipinski definition) is 3. The molecule has 0 aliphatic carbocycles. The summed E-state index contributed by atoms with van der Waals surface area (Å²) in [6.07, 6.45) is -0.378. The first-order valence-corrected chi connectivity index (χ1v) is 4.91. The van der Waals surface area contributed by atoms with E-state index in [4.69, 9.17) is 16.1 Å².